The molecule has 0 aliphatic carbocycles. The second kappa shape index (κ2) is 10.3. The number of alkyl halides is 3. The van der Waals surface area contributed by atoms with Crippen LogP contribution in [0.3, 0.4) is 0 Å². The van der Waals surface area contributed by atoms with Crippen LogP contribution in [-0.4, -0.2) is 54.4 Å². The number of unbranched alkanes of at least 4 members (excludes halogenated alkanes) is 2. The molecule has 2 rings (SSSR count). The summed E-state index contributed by atoms with van der Waals surface area (Å²) in [4.78, 5) is 30.8. The summed E-state index contributed by atoms with van der Waals surface area (Å²) in [6.07, 6.45) is 0.177. The Bertz CT molecular complexity index is 650. The van der Waals surface area contributed by atoms with Gasteiger partial charge in [0.15, 0.2) is 0 Å². The molecular formula is C19H27F3N4O2. The molecule has 156 valence electrons. The van der Waals surface area contributed by atoms with E-state index in [0.717, 1.165) is 37.9 Å². The van der Waals surface area contributed by atoms with Crippen molar-refractivity contribution in [3.05, 3.63) is 23.9 Å². The first kappa shape index (κ1) is 22.0. The highest BCUT2D eigenvalue weighted by molar-refractivity contribution is 5.76. The topological polar surface area (TPSA) is 65.5 Å². The minimum atomic E-state index is -4.39. The Hall–Kier alpha value is -2.32. The summed E-state index contributed by atoms with van der Waals surface area (Å²) in [7, 11) is 0. The molecule has 6 nitrogen and oxygen atoms in total. The van der Waals surface area contributed by atoms with Gasteiger partial charge in [0.1, 0.15) is 5.82 Å². The van der Waals surface area contributed by atoms with Crippen LogP contribution in [-0.2, 0) is 15.8 Å². The van der Waals surface area contributed by atoms with Crippen molar-refractivity contribution in [3.63, 3.8) is 0 Å². The van der Waals surface area contributed by atoms with Gasteiger partial charge in [-0.25, -0.2) is 4.98 Å². The van der Waals surface area contributed by atoms with Crippen molar-refractivity contribution in [2.75, 3.05) is 37.6 Å². The predicted molar refractivity (Wildman–Crippen MR) is 99.8 cm³/mol. The van der Waals surface area contributed by atoms with Gasteiger partial charge in [-0.05, 0) is 31.4 Å². The lowest BCUT2D eigenvalue weighted by Gasteiger charge is -2.23. The van der Waals surface area contributed by atoms with E-state index in [1.165, 1.54) is 13.0 Å². The maximum absolute atomic E-state index is 12.7. The third kappa shape index (κ3) is 7.01. The molecule has 1 fully saturated rings. The standard InChI is InChI=1S/C19H27F3N4O2/c1-15(27)23-9-4-2-3-6-18(28)26-11-5-10-25(12-13-26)17-8-7-16(14-24-17)19(20,21)22/h7-8,14H,2-6,9-13H2,1H3,(H,23,27). The molecule has 2 heterocycles. The van der Waals surface area contributed by atoms with Crippen LogP contribution in [0.1, 0.15) is 44.6 Å². The van der Waals surface area contributed by atoms with Crippen LogP contribution in [0, 0.1) is 0 Å². The molecular weight excluding hydrogens is 373 g/mol. The largest absolute Gasteiger partial charge is 0.417 e. The van der Waals surface area contributed by atoms with Crippen LogP contribution in [0.5, 0.6) is 0 Å². The fourth-order valence-electron chi connectivity index (χ4n) is 3.14. The Morgan fingerprint density at radius 3 is 2.54 bits per heavy atom. The fourth-order valence-corrected chi connectivity index (χ4v) is 3.14. The number of hydrogen-bond acceptors (Lipinski definition) is 4. The van der Waals surface area contributed by atoms with Crippen molar-refractivity contribution in [1.29, 1.82) is 0 Å². The van der Waals surface area contributed by atoms with E-state index in [0.29, 0.717) is 45.0 Å². The van der Waals surface area contributed by atoms with E-state index in [2.05, 4.69) is 10.3 Å². The van der Waals surface area contributed by atoms with Gasteiger partial charge in [-0.2, -0.15) is 13.2 Å². The monoisotopic (exact) mass is 400 g/mol. The zero-order valence-electron chi connectivity index (χ0n) is 16.1. The van der Waals surface area contributed by atoms with E-state index >= 15 is 0 Å². The molecule has 0 spiro atoms. The van der Waals surface area contributed by atoms with Crippen molar-refractivity contribution >= 4 is 17.6 Å². The number of halogens is 3. The molecule has 1 saturated heterocycles. The Morgan fingerprint density at radius 1 is 1.11 bits per heavy atom. The van der Waals surface area contributed by atoms with Crippen LogP contribution in [0.15, 0.2) is 18.3 Å². The number of hydrogen-bond donors (Lipinski definition) is 1. The van der Waals surface area contributed by atoms with Crippen LogP contribution in [0.4, 0.5) is 19.0 Å². The zero-order chi connectivity index (χ0) is 20.6. The summed E-state index contributed by atoms with van der Waals surface area (Å²) in [6, 6.07) is 2.42. The molecule has 0 aromatic carbocycles. The number of nitrogens with zero attached hydrogens (tertiary/aromatic N) is 3. The molecule has 1 aromatic rings. The van der Waals surface area contributed by atoms with E-state index in [9.17, 15) is 22.8 Å². The number of pyridine rings is 1. The van der Waals surface area contributed by atoms with Crippen molar-refractivity contribution < 1.29 is 22.8 Å². The molecule has 0 saturated carbocycles. The molecule has 9 heteroatoms. The Labute approximate surface area is 163 Å². The summed E-state index contributed by atoms with van der Waals surface area (Å²) in [5.41, 5.74) is -0.763. The van der Waals surface area contributed by atoms with Crippen molar-refractivity contribution in [3.8, 4) is 0 Å². The van der Waals surface area contributed by atoms with E-state index < -0.39 is 11.7 Å². The van der Waals surface area contributed by atoms with E-state index in [1.54, 1.807) is 0 Å². The Morgan fingerprint density at radius 2 is 1.89 bits per heavy atom. The first-order valence-corrected chi connectivity index (χ1v) is 9.58. The molecule has 0 radical (unpaired) electrons. The van der Waals surface area contributed by atoms with Gasteiger partial charge in [0.2, 0.25) is 11.8 Å². The van der Waals surface area contributed by atoms with Gasteiger partial charge >= 0.3 is 6.18 Å². The number of anilines is 1. The summed E-state index contributed by atoms with van der Waals surface area (Å²) in [5, 5.41) is 2.73. The van der Waals surface area contributed by atoms with Crippen molar-refractivity contribution in [2.45, 2.75) is 45.2 Å². The van der Waals surface area contributed by atoms with E-state index in [-0.39, 0.29) is 11.8 Å². The van der Waals surface area contributed by atoms with Gasteiger partial charge in [0.05, 0.1) is 5.56 Å². The molecule has 1 aliphatic heterocycles. The third-order valence-corrected chi connectivity index (χ3v) is 4.69. The van der Waals surface area contributed by atoms with Crippen LogP contribution >= 0.6 is 0 Å². The zero-order valence-corrected chi connectivity index (χ0v) is 16.1. The van der Waals surface area contributed by atoms with Gasteiger partial charge < -0.3 is 15.1 Å². The Balaban J connectivity index is 1.76. The van der Waals surface area contributed by atoms with Gasteiger partial charge in [-0.3, -0.25) is 9.59 Å². The number of aromatic nitrogens is 1. The highest BCUT2D eigenvalue weighted by Crippen LogP contribution is 2.29. The maximum atomic E-state index is 12.7. The fraction of sp³-hybridized carbons (Fsp3) is 0.632. The third-order valence-electron chi connectivity index (χ3n) is 4.69. The second-order valence-corrected chi connectivity index (χ2v) is 6.92. The normalized spacial score (nSPS) is 15.3. The van der Waals surface area contributed by atoms with Crippen molar-refractivity contribution in [1.82, 2.24) is 15.2 Å². The number of nitrogens with one attached hydrogen (secondary N) is 1. The average Bonchev–Trinajstić information content (AvgIpc) is 2.90. The van der Waals surface area contributed by atoms with E-state index in [1.807, 2.05) is 9.80 Å². The molecule has 1 N–H and O–H groups in total. The van der Waals surface area contributed by atoms with Crippen LogP contribution in [0.2, 0.25) is 0 Å². The number of rotatable bonds is 7. The molecule has 0 atom stereocenters. The summed E-state index contributed by atoms with van der Waals surface area (Å²) in [5.74, 6) is 0.551. The highest BCUT2D eigenvalue weighted by Gasteiger charge is 2.31. The van der Waals surface area contributed by atoms with Gasteiger partial charge in [0, 0.05) is 52.3 Å². The molecule has 2 amide bonds. The lowest BCUT2D eigenvalue weighted by Crippen LogP contribution is -2.35. The second-order valence-electron chi connectivity index (χ2n) is 6.92. The summed E-state index contributed by atoms with van der Waals surface area (Å²) < 4.78 is 38.0. The summed E-state index contributed by atoms with van der Waals surface area (Å²) in [6.45, 7) is 4.48. The molecule has 1 aliphatic rings. The first-order valence-electron chi connectivity index (χ1n) is 9.58. The number of carbonyl (C=O) groups excluding carboxylic acids is 2. The Kier molecular flexibility index (Phi) is 8.07. The van der Waals surface area contributed by atoms with Gasteiger partial charge in [0.25, 0.3) is 0 Å². The lowest BCUT2D eigenvalue weighted by molar-refractivity contribution is -0.137. The smallest absolute Gasteiger partial charge is 0.356 e. The minimum Gasteiger partial charge on any atom is -0.356 e. The molecule has 0 bridgehead atoms. The van der Waals surface area contributed by atoms with Crippen LogP contribution < -0.4 is 10.2 Å². The van der Waals surface area contributed by atoms with Crippen LogP contribution in [0.25, 0.3) is 0 Å². The molecule has 28 heavy (non-hydrogen) atoms. The lowest BCUT2D eigenvalue weighted by atomic mass is 10.1. The summed E-state index contributed by atoms with van der Waals surface area (Å²) >= 11 is 0. The predicted octanol–water partition coefficient (Wildman–Crippen LogP) is 2.84. The van der Waals surface area contributed by atoms with E-state index in [4.69, 9.17) is 0 Å². The maximum Gasteiger partial charge on any atom is 0.417 e. The quantitative estimate of drug-likeness (QED) is 0.715. The first-order chi connectivity index (χ1) is 13.3. The number of amides is 2. The average molecular weight is 400 g/mol. The number of carbonyl (C=O) groups is 2. The SMILES string of the molecule is CC(=O)NCCCCCC(=O)N1CCCN(c2ccc(C(F)(F)F)cn2)CC1. The molecule has 0 unspecified atom stereocenters. The minimum absolute atomic E-state index is 0.0484. The molecule has 1 aromatic heterocycles. The highest BCUT2D eigenvalue weighted by atomic mass is 19.4. The van der Waals surface area contributed by atoms with Gasteiger partial charge in [-0.1, -0.05) is 6.42 Å². The van der Waals surface area contributed by atoms with Gasteiger partial charge in [-0.15, -0.1) is 0 Å². The van der Waals surface area contributed by atoms with Crippen molar-refractivity contribution in [2.24, 2.45) is 0 Å².